The molecular weight excluding hydrogens is 372 g/mol. The molecule has 0 radical (unpaired) electrons. The molecule has 2 rings (SSSR count). The van der Waals surface area contributed by atoms with Crippen LogP contribution in [0.4, 0.5) is 4.79 Å². The Bertz CT molecular complexity index is 813. The second-order valence-corrected chi connectivity index (χ2v) is 5.95. The van der Waals surface area contributed by atoms with Gasteiger partial charge in [-0.05, 0) is 25.1 Å². The molecule has 0 aliphatic heterocycles. The number of hydrogen-bond donors (Lipinski definition) is 2. The number of halogens is 1. The number of rotatable bonds is 6. The van der Waals surface area contributed by atoms with Crippen LogP contribution in [-0.4, -0.2) is 31.1 Å². The van der Waals surface area contributed by atoms with Gasteiger partial charge in [-0.1, -0.05) is 48.0 Å². The van der Waals surface area contributed by atoms with Crippen LogP contribution in [0.3, 0.4) is 0 Å². The molecule has 3 amide bonds. The predicted octanol–water partition coefficient (Wildman–Crippen LogP) is 2.85. The quantitative estimate of drug-likeness (QED) is 0.740. The number of carbonyl (C=O) groups is 3. The van der Waals surface area contributed by atoms with E-state index in [1.54, 1.807) is 54.6 Å². The van der Waals surface area contributed by atoms with Crippen molar-refractivity contribution in [3.63, 3.8) is 0 Å². The van der Waals surface area contributed by atoms with Crippen LogP contribution in [0, 0.1) is 0 Å². The third-order valence-corrected chi connectivity index (χ3v) is 3.71. The Morgan fingerprint density at radius 3 is 2.37 bits per heavy atom. The van der Waals surface area contributed by atoms with Crippen LogP contribution in [-0.2, 0) is 14.3 Å². The molecular formula is C19H19ClN2O5. The van der Waals surface area contributed by atoms with Crippen LogP contribution in [0.2, 0.25) is 5.02 Å². The van der Waals surface area contributed by atoms with E-state index < -0.39 is 30.1 Å². The maximum absolute atomic E-state index is 12.4. The molecule has 2 aromatic carbocycles. The number of carbonyl (C=O) groups excluding carboxylic acids is 3. The SMILES string of the molecule is CNC(=O)NC(=O)C(OC(=O)C(C)Oc1cccc(Cl)c1)c1ccccc1. The van der Waals surface area contributed by atoms with Crippen molar-refractivity contribution in [3.8, 4) is 5.75 Å². The minimum atomic E-state index is -1.30. The number of urea groups is 1. The zero-order chi connectivity index (χ0) is 19.8. The van der Waals surface area contributed by atoms with E-state index in [1.165, 1.54) is 14.0 Å². The highest BCUT2D eigenvalue weighted by molar-refractivity contribution is 6.30. The Kier molecular flexibility index (Phi) is 7.19. The van der Waals surface area contributed by atoms with Gasteiger partial charge in [-0.15, -0.1) is 0 Å². The van der Waals surface area contributed by atoms with Crippen molar-refractivity contribution in [3.05, 3.63) is 65.2 Å². The molecule has 0 fully saturated rings. The Labute approximate surface area is 161 Å². The highest BCUT2D eigenvalue weighted by Gasteiger charge is 2.29. The van der Waals surface area contributed by atoms with Crippen LogP contribution < -0.4 is 15.4 Å². The lowest BCUT2D eigenvalue weighted by atomic mass is 10.1. The molecule has 27 heavy (non-hydrogen) atoms. The highest BCUT2D eigenvalue weighted by Crippen LogP contribution is 2.21. The smallest absolute Gasteiger partial charge is 0.348 e. The standard InChI is InChI=1S/C19H19ClN2O5/c1-12(26-15-10-6-9-14(20)11-15)18(24)27-16(13-7-4-3-5-8-13)17(23)22-19(25)21-2/h3-12,16H,1-2H3,(H2,21,22,23,25). The van der Waals surface area contributed by atoms with Crippen molar-refractivity contribution in [2.75, 3.05) is 7.05 Å². The molecule has 142 valence electrons. The zero-order valence-electron chi connectivity index (χ0n) is 14.8. The van der Waals surface area contributed by atoms with Crippen LogP contribution in [0.25, 0.3) is 0 Å². The molecule has 0 bridgehead atoms. The van der Waals surface area contributed by atoms with E-state index in [0.29, 0.717) is 16.3 Å². The lowest BCUT2D eigenvalue weighted by Gasteiger charge is -2.20. The predicted molar refractivity (Wildman–Crippen MR) is 99.4 cm³/mol. The van der Waals surface area contributed by atoms with E-state index in [0.717, 1.165) is 0 Å². The number of ether oxygens (including phenoxy) is 2. The molecule has 8 heteroatoms. The normalized spacial score (nSPS) is 12.4. The Balaban J connectivity index is 2.12. The maximum atomic E-state index is 12.4. The number of imide groups is 1. The highest BCUT2D eigenvalue weighted by atomic mass is 35.5. The third kappa shape index (κ3) is 6.00. The Hall–Kier alpha value is -3.06. The van der Waals surface area contributed by atoms with E-state index in [-0.39, 0.29) is 0 Å². The van der Waals surface area contributed by atoms with Crippen LogP contribution in [0.1, 0.15) is 18.6 Å². The fourth-order valence-corrected chi connectivity index (χ4v) is 2.33. The second-order valence-electron chi connectivity index (χ2n) is 5.51. The fraction of sp³-hybridized carbons (Fsp3) is 0.211. The van der Waals surface area contributed by atoms with Crippen molar-refractivity contribution in [1.82, 2.24) is 10.6 Å². The average molecular weight is 391 g/mol. The molecule has 0 saturated heterocycles. The topological polar surface area (TPSA) is 93.7 Å². The summed E-state index contributed by atoms with van der Waals surface area (Å²) in [6.45, 7) is 1.49. The van der Waals surface area contributed by atoms with Crippen LogP contribution >= 0.6 is 11.6 Å². The summed E-state index contributed by atoms with van der Waals surface area (Å²) < 4.78 is 10.8. The summed E-state index contributed by atoms with van der Waals surface area (Å²) in [5.41, 5.74) is 0.419. The van der Waals surface area contributed by atoms with E-state index in [9.17, 15) is 14.4 Å². The van der Waals surface area contributed by atoms with Gasteiger partial charge in [0.1, 0.15) is 5.75 Å². The number of amides is 3. The summed E-state index contributed by atoms with van der Waals surface area (Å²) >= 11 is 5.89. The largest absolute Gasteiger partial charge is 0.479 e. The maximum Gasteiger partial charge on any atom is 0.348 e. The number of nitrogens with one attached hydrogen (secondary N) is 2. The minimum absolute atomic E-state index is 0.387. The van der Waals surface area contributed by atoms with E-state index in [4.69, 9.17) is 21.1 Å². The first-order valence-electron chi connectivity index (χ1n) is 8.11. The first-order chi connectivity index (χ1) is 12.9. The Morgan fingerprint density at radius 1 is 1.04 bits per heavy atom. The van der Waals surface area contributed by atoms with Crippen molar-refractivity contribution < 1.29 is 23.9 Å². The molecule has 2 atom stereocenters. The summed E-state index contributed by atoms with van der Waals surface area (Å²) in [6.07, 6.45) is -2.30. The van der Waals surface area contributed by atoms with Gasteiger partial charge in [0.05, 0.1) is 0 Å². The number of benzene rings is 2. The average Bonchev–Trinajstić information content (AvgIpc) is 2.66. The summed E-state index contributed by atoms with van der Waals surface area (Å²) in [5.74, 6) is -1.15. The van der Waals surface area contributed by atoms with Gasteiger partial charge in [-0.2, -0.15) is 0 Å². The van der Waals surface area contributed by atoms with Gasteiger partial charge in [-0.25, -0.2) is 9.59 Å². The summed E-state index contributed by atoms with van der Waals surface area (Å²) in [5, 5.41) is 4.83. The fourth-order valence-electron chi connectivity index (χ4n) is 2.15. The van der Waals surface area contributed by atoms with Gasteiger partial charge in [0, 0.05) is 17.6 Å². The summed E-state index contributed by atoms with van der Waals surface area (Å²) in [7, 11) is 1.37. The van der Waals surface area contributed by atoms with Crippen molar-refractivity contribution >= 4 is 29.5 Å². The van der Waals surface area contributed by atoms with E-state index in [1.807, 2.05) is 0 Å². The van der Waals surface area contributed by atoms with Crippen LogP contribution in [0.5, 0.6) is 5.75 Å². The van der Waals surface area contributed by atoms with Crippen molar-refractivity contribution in [2.45, 2.75) is 19.1 Å². The number of esters is 1. The van der Waals surface area contributed by atoms with Crippen molar-refractivity contribution in [1.29, 1.82) is 0 Å². The van der Waals surface area contributed by atoms with Crippen LogP contribution in [0.15, 0.2) is 54.6 Å². The van der Waals surface area contributed by atoms with Gasteiger partial charge < -0.3 is 14.8 Å². The molecule has 0 spiro atoms. The summed E-state index contributed by atoms with van der Waals surface area (Å²) in [6, 6.07) is 14.2. The van der Waals surface area contributed by atoms with Gasteiger partial charge in [-0.3, -0.25) is 10.1 Å². The molecule has 2 unspecified atom stereocenters. The molecule has 7 nitrogen and oxygen atoms in total. The first-order valence-corrected chi connectivity index (χ1v) is 8.48. The van der Waals surface area contributed by atoms with Crippen molar-refractivity contribution in [2.24, 2.45) is 0 Å². The Morgan fingerprint density at radius 2 is 1.74 bits per heavy atom. The molecule has 0 aliphatic rings. The molecule has 2 aromatic rings. The zero-order valence-corrected chi connectivity index (χ0v) is 15.5. The second kappa shape index (κ2) is 9.59. The van der Waals surface area contributed by atoms with Gasteiger partial charge >= 0.3 is 12.0 Å². The lowest BCUT2D eigenvalue weighted by molar-refractivity contribution is -0.162. The molecule has 0 aromatic heterocycles. The van der Waals surface area contributed by atoms with Gasteiger partial charge in [0.15, 0.2) is 6.10 Å². The molecule has 0 saturated carbocycles. The molecule has 2 N–H and O–H groups in total. The van der Waals surface area contributed by atoms with Gasteiger partial charge in [0.2, 0.25) is 6.10 Å². The number of hydrogen-bond acceptors (Lipinski definition) is 5. The van der Waals surface area contributed by atoms with E-state index >= 15 is 0 Å². The lowest BCUT2D eigenvalue weighted by Crippen LogP contribution is -2.42. The molecule has 0 heterocycles. The third-order valence-electron chi connectivity index (χ3n) is 3.48. The first kappa shape index (κ1) is 20.3. The van der Waals surface area contributed by atoms with E-state index in [2.05, 4.69) is 10.6 Å². The molecule has 0 aliphatic carbocycles. The minimum Gasteiger partial charge on any atom is -0.479 e. The monoisotopic (exact) mass is 390 g/mol. The summed E-state index contributed by atoms with van der Waals surface area (Å²) in [4.78, 5) is 36.2. The van der Waals surface area contributed by atoms with Gasteiger partial charge in [0.25, 0.3) is 5.91 Å².